The highest BCUT2D eigenvalue weighted by molar-refractivity contribution is 5.93. The molecule has 4 aromatic carbocycles. The minimum atomic E-state index is -4.53. The zero-order valence-electron chi connectivity index (χ0n) is 41.1. The number of ether oxygens (including phenoxy) is 4. The number of fused-ring (bicyclic) bond motifs is 2. The summed E-state index contributed by atoms with van der Waals surface area (Å²) in [5.41, 5.74) is 0.239. The van der Waals surface area contributed by atoms with Gasteiger partial charge in [-0.05, 0) is 125 Å². The van der Waals surface area contributed by atoms with Crippen LogP contribution < -0.4 is 14.8 Å². The Bertz CT molecular complexity index is 2400. The number of rotatable bonds is 9. The third-order valence-electron chi connectivity index (χ3n) is 14.4. The van der Waals surface area contributed by atoms with Crippen LogP contribution in [0.4, 0.5) is 26.3 Å². The highest BCUT2D eigenvalue weighted by atomic mass is 19.4. The molecule has 2 saturated heterocycles. The average molecular weight is 1000 g/mol. The van der Waals surface area contributed by atoms with Crippen molar-refractivity contribution in [3.63, 3.8) is 0 Å². The number of halogens is 6. The number of likely N-dealkylation sites (tertiary alicyclic amines) is 1. The van der Waals surface area contributed by atoms with Crippen LogP contribution in [0.3, 0.4) is 0 Å². The van der Waals surface area contributed by atoms with E-state index in [0.29, 0.717) is 54.1 Å². The summed E-state index contributed by atoms with van der Waals surface area (Å²) in [6.07, 6.45) is -1.84. The number of nitrogens with zero attached hydrogens (tertiary/aromatic N) is 1. The molecule has 0 radical (unpaired) electrons. The molecular weight excluding hydrogens is 927 g/mol. The quantitative estimate of drug-likeness (QED) is 0.0997. The molecule has 1 N–H and O–H groups in total. The van der Waals surface area contributed by atoms with E-state index in [1.165, 1.54) is 44.6 Å². The number of carbonyl (C=O) groups is 3. The lowest BCUT2D eigenvalue weighted by atomic mass is 9.72. The number of methoxy groups -OCH3 is 2. The molecular formula is C56H76F6N2O7. The van der Waals surface area contributed by atoms with Crippen LogP contribution in [0.2, 0.25) is 0 Å². The molecule has 0 bridgehead atoms. The van der Waals surface area contributed by atoms with Crippen molar-refractivity contribution in [3.05, 3.63) is 82.9 Å². The number of esters is 2. The van der Waals surface area contributed by atoms with Crippen LogP contribution in [0.5, 0.6) is 11.5 Å². The molecule has 71 heavy (non-hydrogen) atoms. The Morgan fingerprint density at radius 2 is 1.03 bits per heavy atom. The minimum Gasteiger partial charge on any atom is -0.490 e. The molecule has 15 heteroatoms. The Morgan fingerprint density at radius 1 is 0.606 bits per heavy atom. The molecule has 2 heterocycles. The number of nitrogens with one attached hydrogen (secondary N) is 1. The maximum absolute atomic E-state index is 14.1. The summed E-state index contributed by atoms with van der Waals surface area (Å²) in [6.45, 7) is 16.6. The van der Waals surface area contributed by atoms with Crippen molar-refractivity contribution in [3.8, 4) is 11.5 Å². The Kier molecular flexibility index (Phi) is 20.0. The highest BCUT2D eigenvalue weighted by Gasteiger charge is 2.40. The summed E-state index contributed by atoms with van der Waals surface area (Å²) >= 11 is 0. The summed E-state index contributed by atoms with van der Waals surface area (Å²) in [4.78, 5) is 35.1. The number of hydrogen-bond donors (Lipinski definition) is 1. The third-order valence-corrected chi connectivity index (χ3v) is 14.4. The standard InChI is InChI=1S/C27H34F3NO3.C22H25F3O2.C5H9NO2.2CH4/c1-26(2,3)20-7-9-21(10-8-20)34-23-12-6-18-13-17(5-11-22(18)24(23)27(28,29)30)14-31-15-19(16-31)25(32)33-4;1-21(2,3)16-6-8-17(9-7-16)27-19-11-5-15-12-14(13-26)4-10-18(15)20(19)22(23,24)25;1-8-5(7)4-2-6-3-4;;/h5-6,11-13,19-21H,7-10,14-16H2,1-4H3;4-5,10-13,16-17H,6-9H2,1-3H3;4,6H,2-3H2,1H3;2*1H4. The van der Waals surface area contributed by atoms with Gasteiger partial charge >= 0.3 is 24.3 Å². The van der Waals surface area contributed by atoms with E-state index in [2.05, 4.69) is 56.5 Å². The third kappa shape index (κ3) is 15.1. The normalized spacial score (nSPS) is 21.0. The SMILES string of the molecule is C.C.CC(C)(C)C1CCC(Oc2ccc3cc(C=O)ccc3c2C(F)(F)F)CC1.COC(=O)C1CN(Cc2ccc3c(C(F)(F)F)c(OC4CCC(C(C)(C)C)CC4)ccc3c2)C1.COC(=O)C1CNC1. The second-order valence-corrected chi connectivity index (χ2v) is 21.2. The van der Waals surface area contributed by atoms with Gasteiger partial charge in [-0.25, -0.2) is 0 Å². The van der Waals surface area contributed by atoms with Gasteiger partial charge in [-0.1, -0.05) is 92.8 Å². The fraction of sp³-hybridized carbons (Fsp3) is 0.589. The van der Waals surface area contributed by atoms with Gasteiger partial charge in [0.1, 0.15) is 28.9 Å². The molecule has 4 fully saturated rings. The zero-order chi connectivity index (χ0) is 50.5. The summed E-state index contributed by atoms with van der Waals surface area (Å²) in [6, 6.07) is 15.5. The molecule has 0 aromatic heterocycles. The van der Waals surface area contributed by atoms with E-state index in [9.17, 15) is 40.7 Å². The number of hydrogen-bond acceptors (Lipinski definition) is 9. The van der Waals surface area contributed by atoms with Gasteiger partial charge in [0.15, 0.2) is 0 Å². The van der Waals surface area contributed by atoms with Crippen LogP contribution in [0.15, 0.2) is 60.7 Å². The first kappa shape index (κ1) is 58.7. The van der Waals surface area contributed by atoms with Crippen molar-refractivity contribution < 1.29 is 59.7 Å². The Hall–Kier alpha value is -4.89. The zero-order valence-corrected chi connectivity index (χ0v) is 41.1. The van der Waals surface area contributed by atoms with E-state index in [1.54, 1.807) is 30.3 Å². The lowest BCUT2D eigenvalue weighted by Gasteiger charge is -2.37. The number of benzene rings is 4. The van der Waals surface area contributed by atoms with E-state index in [-0.39, 0.29) is 83.9 Å². The molecule has 2 aliphatic heterocycles. The smallest absolute Gasteiger partial charge is 0.420 e. The summed E-state index contributed by atoms with van der Waals surface area (Å²) in [5.74, 6) is 0.633. The maximum atomic E-state index is 14.1. The Morgan fingerprint density at radius 3 is 1.39 bits per heavy atom. The largest absolute Gasteiger partial charge is 0.490 e. The lowest BCUT2D eigenvalue weighted by molar-refractivity contribution is -0.151. The molecule has 4 aromatic rings. The monoisotopic (exact) mass is 1000 g/mol. The second-order valence-electron chi connectivity index (χ2n) is 21.2. The molecule has 2 saturated carbocycles. The first-order valence-electron chi connectivity index (χ1n) is 24.0. The van der Waals surface area contributed by atoms with Gasteiger partial charge in [0.05, 0.1) is 38.3 Å². The van der Waals surface area contributed by atoms with E-state index < -0.39 is 23.5 Å². The fourth-order valence-electron chi connectivity index (χ4n) is 9.99. The highest BCUT2D eigenvalue weighted by Crippen LogP contribution is 2.46. The number of aldehydes is 1. The molecule has 2 aliphatic carbocycles. The van der Waals surface area contributed by atoms with Gasteiger partial charge in [0.2, 0.25) is 0 Å². The second kappa shape index (κ2) is 24.2. The molecule has 0 spiro atoms. The predicted octanol–water partition coefficient (Wildman–Crippen LogP) is 13.8. The van der Waals surface area contributed by atoms with E-state index in [0.717, 1.165) is 70.0 Å². The molecule has 394 valence electrons. The van der Waals surface area contributed by atoms with Crippen LogP contribution in [-0.2, 0) is 38.0 Å². The van der Waals surface area contributed by atoms with Crippen molar-refractivity contribution in [2.24, 2.45) is 34.5 Å². The molecule has 0 amide bonds. The van der Waals surface area contributed by atoms with Gasteiger partial charge in [-0.3, -0.25) is 19.3 Å². The Balaban J connectivity index is 0.000000264. The Labute approximate surface area is 416 Å². The maximum Gasteiger partial charge on any atom is 0.420 e. The molecule has 8 rings (SSSR count). The van der Waals surface area contributed by atoms with Crippen molar-refractivity contribution in [1.82, 2.24) is 10.2 Å². The van der Waals surface area contributed by atoms with Crippen LogP contribution in [0.25, 0.3) is 21.5 Å². The van der Waals surface area contributed by atoms with Crippen LogP contribution in [-0.4, -0.2) is 75.7 Å². The molecule has 4 aliphatic rings. The van der Waals surface area contributed by atoms with E-state index in [1.807, 2.05) is 0 Å². The van der Waals surface area contributed by atoms with Crippen molar-refractivity contribution in [2.45, 2.75) is 139 Å². The summed E-state index contributed by atoms with van der Waals surface area (Å²) in [7, 11) is 2.79. The summed E-state index contributed by atoms with van der Waals surface area (Å²) < 4.78 is 105. The van der Waals surface area contributed by atoms with Gasteiger partial charge in [0, 0.05) is 38.3 Å². The van der Waals surface area contributed by atoms with E-state index >= 15 is 0 Å². The van der Waals surface area contributed by atoms with Crippen LogP contribution in [0.1, 0.15) is 135 Å². The van der Waals surface area contributed by atoms with Crippen LogP contribution in [0, 0.1) is 34.5 Å². The first-order valence-corrected chi connectivity index (χ1v) is 24.0. The average Bonchev–Trinajstić information content (AvgIpc) is 3.25. The summed E-state index contributed by atoms with van der Waals surface area (Å²) in [5, 5.41) is 4.13. The first-order chi connectivity index (χ1) is 32.4. The van der Waals surface area contributed by atoms with Gasteiger partial charge in [-0.15, -0.1) is 0 Å². The van der Waals surface area contributed by atoms with E-state index in [4.69, 9.17) is 14.2 Å². The fourth-order valence-corrected chi connectivity index (χ4v) is 9.99. The predicted molar refractivity (Wildman–Crippen MR) is 268 cm³/mol. The number of alkyl halides is 6. The van der Waals surface area contributed by atoms with Crippen LogP contribution >= 0.6 is 0 Å². The minimum absolute atomic E-state index is 0. The van der Waals surface area contributed by atoms with Gasteiger partial charge in [-0.2, -0.15) is 26.3 Å². The van der Waals surface area contributed by atoms with Gasteiger partial charge in [0.25, 0.3) is 0 Å². The van der Waals surface area contributed by atoms with Crippen molar-refractivity contribution in [1.29, 1.82) is 0 Å². The van der Waals surface area contributed by atoms with Crippen molar-refractivity contribution in [2.75, 3.05) is 40.4 Å². The topological polar surface area (TPSA) is 103 Å². The lowest BCUT2D eigenvalue weighted by Crippen LogP contribution is -2.49. The number of carbonyl (C=O) groups excluding carboxylic acids is 3. The molecule has 9 nitrogen and oxygen atoms in total. The molecule has 0 unspecified atom stereocenters. The molecule has 0 atom stereocenters. The van der Waals surface area contributed by atoms with Crippen molar-refractivity contribution >= 4 is 39.8 Å². The van der Waals surface area contributed by atoms with Gasteiger partial charge < -0.3 is 24.3 Å².